The molecule has 0 fully saturated rings. The Balaban J connectivity index is 2.81. The molecule has 2 unspecified atom stereocenters. The summed E-state index contributed by atoms with van der Waals surface area (Å²) in [6, 6.07) is 0. The summed E-state index contributed by atoms with van der Waals surface area (Å²) in [6.45, 7) is 8.99. The van der Waals surface area contributed by atoms with Crippen LogP contribution in [0.4, 0.5) is 0 Å². The molecular weight excluding hydrogens is 307 g/mol. The second kappa shape index (κ2) is 7.53. The molecule has 0 saturated carbocycles. The molecule has 0 radical (unpaired) electrons. The fourth-order valence-corrected chi connectivity index (χ4v) is 3.71. The predicted octanol–water partition coefficient (Wildman–Crippen LogP) is 3.11. The fraction of sp³-hybridized carbons (Fsp3) is 0.733. The van der Waals surface area contributed by atoms with Gasteiger partial charge in [0.1, 0.15) is 0 Å². The van der Waals surface area contributed by atoms with E-state index >= 15 is 0 Å². The van der Waals surface area contributed by atoms with E-state index in [9.17, 15) is 14.2 Å². The molecule has 0 saturated heterocycles. The van der Waals surface area contributed by atoms with Crippen LogP contribution in [0.2, 0.25) is 0 Å². The average Bonchev–Trinajstić information content (AvgIpc) is 2.42. The molecule has 0 heterocycles. The predicted molar refractivity (Wildman–Crippen MR) is 82.7 cm³/mol. The van der Waals surface area contributed by atoms with Crippen LogP contribution >= 0.6 is 7.60 Å². The van der Waals surface area contributed by atoms with Gasteiger partial charge in [0, 0.05) is 6.42 Å². The molecule has 7 heteroatoms. The van der Waals surface area contributed by atoms with Crippen molar-refractivity contribution >= 4 is 19.3 Å². The molecule has 6 nitrogen and oxygen atoms in total. The highest BCUT2D eigenvalue weighted by Gasteiger charge is 2.41. The van der Waals surface area contributed by atoms with Crippen molar-refractivity contribution in [1.29, 1.82) is 0 Å². The quantitative estimate of drug-likeness (QED) is 0.526. The monoisotopic (exact) mass is 332 g/mol. The molecule has 0 N–H and O–H groups in total. The van der Waals surface area contributed by atoms with Gasteiger partial charge in [-0.3, -0.25) is 14.2 Å². The minimum absolute atomic E-state index is 0.160. The summed E-state index contributed by atoms with van der Waals surface area (Å²) in [5.74, 6) is -1.00. The topological polar surface area (TPSA) is 78.9 Å². The molecule has 0 aromatic rings. The Bertz CT molecular complexity index is 486. The molecule has 126 valence electrons. The fourth-order valence-electron chi connectivity index (χ4n) is 2.15. The molecule has 2 atom stereocenters. The highest BCUT2D eigenvalue weighted by Crippen LogP contribution is 2.53. The lowest BCUT2D eigenvalue weighted by atomic mass is 9.81. The second-order valence-electron chi connectivity index (χ2n) is 5.91. The van der Waals surface area contributed by atoms with E-state index in [1.54, 1.807) is 19.9 Å². The van der Waals surface area contributed by atoms with E-state index in [1.807, 2.05) is 13.8 Å². The Morgan fingerprint density at radius 1 is 1.36 bits per heavy atom. The van der Waals surface area contributed by atoms with Crippen molar-refractivity contribution in [2.45, 2.75) is 52.8 Å². The smallest absolute Gasteiger partial charge is 0.344 e. The summed E-state index contributed by atoms with van der Waals surface area (Å²) in [4.78, 5) is 24.1. The number of hydrogen-bond acceptors (Lipinski definition) is 6. The summed E-state index contributed by atoms with van der Waals surface area (Å²) >= 11 is 0. The number of allylic oxidation sites excluding steroid dienone is 1. The van der Waals surface area contributed by atoms with E-state index < -0.39 is 25.3 Å². The molecule has 0 amide bonds. The lowest BCUT2D eigenvalue weighted by Crippen LogP contribution is -2.37. The molecule has 1 aliphatic rings. The lowest BCUT2D eigenvalue weighted by Gasteiger charge is -2.30. The van der Waals surface area contributed by atoms with Crippen molar-refractivity contribution in [2.24, 2.45) is 5.41 Å². The van der Waals surface area contributed by atoms with Crippen LogP contribution in [0.1, 0.15) is 41.0 Å². The van der Waals surface area contributed by atoms with E-state index in [2.05, 4.69) is 0 Å². The maximum atomic E-state index is 12.6. The molecule has 0 spiro atoms. The van der Waals surface area contributed by atoms with Crippen LogP contribution in [0.25, 0.3) is 0 Å². The van der Waals surface area contributed by atoms with Crippen molar-refractivity contribution < 1.29 is 27.9 Å². The van der Waals surface area contributed by atoms with Gasteiger partial charge in [0.25, 0.3) is 0 Å². The summed E-state index contributed by atoms with van der Waals surface area (Å²) in [6.07, 6.45) is 2.77. The number of ketones is 1. The van der Waals surface area contributed by atoms with Crippen LogP contribution < -0.4 is 0 Å². The zero-order valence-corrected chi connectivity index (χ0v) is 14.7. The van der Waals surface area contributed by atoms with Crippen LogP contribution in [-0.2, 0) is 27.9 Å². The van der Waals surface area contributed by atoms with Crippen LogP contribution in [0.3, 0.4) is 0 Å². The van der Waals surface area contributed by atoms with E-state index in [-0.39, 0.29) is 24.4 Å². The number of rotatable bonds is 7. The molecule has 1 aliphatic carbocycles. The molecule has 1 rings (SSSR count). The first-order valence-electron chi connectivity index (χ1n) is 7.47. The molecule has 0 aromatic heterocycles. The van der Waals surface area contributed by atoms with Gasteiger partial charge in [0.2, 0.25) is 0 Å². The third-order valence-electron chi connectivity index (χ3n) is 3.42. The van der Waals surface area contributed by atoms with Crippen molar-refractivity contribution in [2.75, 3.05) is 13.2 Å². The SMILES string of the molecule is CCOP(=O)(OCC)C(C)C(=O)OC1CC(C)(C)C=CC1=O. The van der Waals surface area contributed by atoms with Crippen molar-refractivity contribution in [3.05, 3.63) is 12.2 Å². The Morgan fingerprint density at radius 2 is 1.91 bits per heavy atom. The molecule has 22 heavy (non-hydrogen) atoms. The standard InChI is InChI=1S/C15H25O6P/c1-6-19-22(18,20-7-2)11(3)14(17)21-13-10-15(4,5)9-8-12(13)16/h8-9,11,13H,6-7,10H2,1-5H3. The third-order valence-corrected chi connectivity index (χ3v) is 5.82. The van der Waals surface area contributed by atoms with Gasteiger partial charge in [0.05, 0.1) is 13.2 Å². The Morgan fingerprint density at radius 3 is 2.41 bits per heavy atom. The van der Waals surface area contributed by atoms with Crippen LogP contribution in [-0.4, -0.2) is 36.7 Å². The van der Waals surface area contributed by atoms with Gasteiger partial charge < -0.3 is 13.8 Å². The Kier molecular flexibility index (Phi) is 6.53. The first kappa shape index (κ1) is 19.1. The van der Waals surface area contributed by atoms with Crippen molar-refractivity contribution in [1.82, 2.24) is 0 Å². The largest absolute Gasteiger partial charge is 0.453 e. The normalized spacial score (nSPS) is 22.4. The van der Waals surface area contributed by atoms with Gasteiger partial charge in [-0.25, -0.2) is 0 Å². The highest BCUT2D eigenvalue weighted by molar-refractivity contribution is 7.55. The molecule has 0 aliphatic heterocycles. The maximum Gasteiger partial charge on any atom is 0.344 e. The zero-order chi connectivity index (χ0) is 17.0. The number of carbonyl (C=O) groups is 2. The highest BCUT2D eigenvalue weighted by atomic mass is 31.2. The number of esters is 1. The Hall–Kier alpha value is -0.970. The van der Waals surface area contributed by atoms with E-state index in [0.29, 0.717) is 6.42 Å². The van der Waals surface area contributed by atoms with Gasteiger partial charge >= 0.3 is 13.6 Å². The summed E-state index contributed by atoms with van der Waals surface area (Å²) < 4.78 is 28.1. The minimum atomic E-state index is -3.59. The summed E-state index contributed by atoms with van der Waals surface area (Å²) in [5.41, 5.74) is -1.31. The minimum Gasteiger partial charge on any atom is -0.453 e. The van der Waals surface area contributed by atoms with E-state index in [0.717, 1.165) is 0 Å². The second-order valence-corrected chi connectivity index (χ2v) is 8.28. The van der Waals surface area contributed by atoms with E-state index in [4.69, 9.17) is 13.8 Å². The third kappa shape index (κ3) is 4.77. The molecule has 0 bridgehead atoms. The van der Waals surface area contributed by atoms with Crippen molar-refractivity contribution in [3.8, 4) is 0 Å². The first-order chi connectivity index (χ1) is 10.1. The number of ether oxygens (including phenoxy) is 1. The number of carbonyl (C=O) groups excluding carboxylic acids is 2. The van der Waals surface area contributed by atoms with Crippen LogP contribution in [0.15, 0.2) is 12.2 Å². The van der Waals surface area contributed by atoms with Crippen LogP contribution in [0, 0.1) is 5.41 Å². The maximum absolute atomic E-state index is 12.6. The lowest BCUT2D eigenvalue weighted by molar-refractivity contribution is -0.155. The Labute approximate surface area is 131 Å². The van der Waals surface area contributed by atoms with Gasteiger partial charge in [-0.1, -0.05) is 19.9 Å². The van der Waals surface area contributed by atoms with Gasteiger partial charge in [-0.15, -0.1) is 0 Å². The van der Waals surface area contributed by atoms with Gasteiger partial charge in [-0.2, -0.15) is 0 Å². The summed E-state index contributed by atoms with van der Waals surface area (Å²) in [7, 11) is -3.59. The summed E-state index contributed by atoms with van der Waals surface area (Å²) in [5, 5.41) is 0. The zero-order valence-electron chi connectivity index (χ0n) is 13.8. The number of hydrogen-bond donors (Lipinski definition) is 0. The van der Waals surface area contributed by atoms with Crippen molar-refractivity contribution in [3.63, 3.8) is 0 Å². The van der Waals surface area contributed by atoms with Gasteiger partial charge in [0.15, 0.2) is 17.5 Å². The molecular formula is C15H25O6P. The first-order valence-corrected chi connectivity index (χ1v) is 9.08. The molecule has 0 aromatic carbocycles. The average molecular weight is 332 g/mol. The van der Waals surface area contributed by atoms with E-state index in [1.165, 1.54) is 13.0 Å². The van der Waals surface area contributed by atoms with Crippen LogP contribution in [0.5, 0.6) is 0 Å². The van der Waals surface area contributed by atoms with Gasteiger partial charge in [-0.05, 0) is 32.3 Å².